The van der Waals surface area contributed by atoms with E-state index < -0.39 is 0 Å². The first-order valence-electron chi connectivity index (χ1n) is 16.4. The number of hydrogen-bond donors (Lipinski definition) is 1. The summed E-state index contributed by atoms with van der Waals surface area (Å²) >= 11 is 11.9. The molecule has 48 heavy (non-hydrogen) atoms. The Bertz CT molecular complexity index is 1710. The summed E-state index contributed by atoms with van der Waals surface area (Å²) in [6.45, 7) is 14.1. The molecule has 2 atom stereocenters. The van der Waals surface area contributed by atoms with Crippen molar-refractivity contribution in [3.05, 3.63) is 70.6 Å². The second-order valence-electron chi connectivity index (χ2n) is 14.2. The van der Waals surface area contributed by atoms with Crippen LogP contribution in [0.3, 0.4) is 0 Å². The SMILES string of the molecule is CC1(C)[C@H](CC(=O)c2ccc3occ(Cl)c3c2)C2CCN1CC2.CC1(C)[C@H](N)C2CCN1CC2.Cl.Clc1coc2ccccc12.O=C=O. The van der Waals surface area contributed by atoms with Crippen LogP contribution >= 0.6 is 35.6 Å². The number of carbonyl (C=O) groups excluding carboxylic acids is 3. The monoisotopic (exact) mass is 717 g/mol. The van der Waals surface area contributed by atoms with E-state index in [1.165, 1.54) is 58.1 Å². The molecule has 11 heteroatoms. The first-order chi connectivity index (χ1) is 22.4. The Hall–Kier alpha value is -2.68. The Balaban J connectivity index is 0.000000173. The van der Waals surface area contributed by atoms with Crippen LogP contribution in [0.5, 0.6) is 0 Å². The maximum atomic E-state index is 12.9. The van der Waals surface area contributed by atoms with Gasteiger partial charge in [0.1, 0.15) is 23.7 Å². The molecule has 8 heterocycles. The van der Waals surface area contributed by atoms with Crippen LogP contribution in [0.15, 0.2) is 63.8 Å². The van der Waals surface area contributed by atoms with Crippen LogP contribution in [-0.2, 0) is 9.59 Å². The highest BCUT2D eigenvalue weighted by Gasteiger charge is 2.48. The largest absolute Gasteiger partial charge is 0.463 e. The van der Waals surface area contributed by atoms with Crippen molar-refractivity contribution in [2.75, 3.05) is 26.2 Å². The number of para-hydroxylation sites is 1. The quantitative estimate of drug-likeness (QED) is 0.210. The van der Waals surface area contributed by atoms with Crippen molar-refractivity contribution in [2.45, 2.75) is 76.9 Å². The van der Waals surface area contributed by atoms with Crippen molar-refractivity contribution in [3.8, 4) is 0 Å². The number of benzene rings is 2. The lowest BCUT2D eigenvalue weighted by Gasteiger charge is -2.56. The Morgan fingerprint density at radius 2 is 1.31 bits per heavy atom. The Labute approximate surface area is 298 Å². The van der Waals surface area contributed by atoms with E-state index >= 15 is 0 Å². The van der Waals surface area contributed by atoms with Gasteiger partial charge < -0.3 is 14.6 Å². The summed E-state index contributed by atoms with van der Waals surface area (Å²) < 4.78 is 10.5. The predicted molar refractivity (Wildman–Crippen MR) is 192 cm³/mol. The zero-order valence-corrected chi connectivity index (χ0v) is 30.4. The molecule has 6 saturated heterocycles. The van der Waals surface area contributed by atoms with Gasteiger partial charge in [0, 0.05) is 39.9 Å². The van der Waals surface area contributed by atoms with Gasteiger partial charge in [0.25, 0.3) is 0 Å². The molecule has 2 aromatic heterocycles. The maximum Gasteiger partial charge on any atom is 0.373 e. The molecule has 8 nitrogen and oxygen atoms in total. The van der Waals surface area contributed by atoms with E-state index in [0.29, 0.717) is 34.3 Å². The number of halogens is 3. The highest BCUT2D eigenvalue weighted by atomic mass is 35.5. The van der Waals surface area contributed by atoms with Gasteiger partial charge in [0.15, 0.2) is 5.78 Å². The lowest BCUT2D eigenvalue weighted by atomic mass is 9.65. The van der Waals surface area contributed by atoms with Crippen LogP contribution in [0.2, 0.25) is 10.0 Å². The third-order valence-corrected chi connectivity index (χ3v) is 11.8. The number of ketones is 1. The molecule has 0 spiro atoms. The van der Waals surface area contributed by atoms with E-state index in [9.17, 15) is 4.79 Å². The molecule has 10 rings (SSSR count). The molecule has 4 aromatic rings. The Morgan fingerprint density at radius 1 is 0.812 bits per heavy atom. The first-order valence-corrected chi connectivity index (χ1v) is 17.2. The van der Waals surface area contributed by atoms with Gasteiger partial charge in [-0.2, -0.15) is 9.59 Å². The van der Waals surface area contributed by atoms with E-state index in [1.54, 1.807) is 6.26 Å². The third-order valence-electron chi connectivity index (χ3n) is 11.2. The van der Waals surface area contributed by atoms with Crippen molar-refractivity contribution >= 4 is 69.5 Å². The van der Waals surface area contributed by atoms with Crippen molar-refractivity contribution < 1.29 is 23.2 Å². The van der Waals surface area contributed by atoms with Gasteiger partial charge in [-0.05, 0) is 128 Å². The fourth-order valence-electron chi connectivity index (χ4n) is 8.16. The molecular weight excluding hydrogens is 673 g/mol. The molecule has 0 aliphatic carbocycles. The highest BCUT2D eigenvalue weighted by Crippen LogP contribution is 2.46. The van der Waals surface area contributed by atoms with Gasteiger partial charge in [-0.15, -0.1) is 12.4 Å². The number of rotatable bonds is 3. The fourth-order valence-corrected chi connectivity index (χ4v) is 8.56. The second-order valence-corrected chi connectivity index (χ2v) is 15.0. The van der Waals surface area contributed by atoms with Crippen molar-refractivity contribution in [1.82, 2.24) is 9.80 Å². The number of fused-ring (bicyclic) bond motifs is 8. The number of piperidine rings is 6. The average molecular weight is 719 g/mol. The van der Waals surface area contributed by atoms with Gasteiger partial charge in [-0.25, -0.2) is 0 Å². The van der Waals surface area contributed by atoms with Gasteiger partial charge in [-0.3, -0.25) is 14.6 Å². The summed E-state index contributed by atoms with van der Waals surface area (Å²) in [6.07, 6.45) is 9.05. The van der Waals surface area contributed by atoms with Gasteiger partial charge in [0.2, 0.25) is 0 Å². The number of hydrogen-bond acceptors (Lipinski definition) is 8. The molecule has 0 radical (unpaired) electrons. The normalized spacial score (nSPS) is 27.2. The van der Waals surface area contributed by atoms with Crippen molar-refractivity contribution in [3.63, 3.8) is 0 Å². The van der Waals surface area contributed by atoms with Crippen molar-refractivity contribution in [1.29, 1.82) is 0 Å². The van der Waals surface area contributed by atoms with Gasteiger partial charge in [-0.1, -0.05) is 35.3 Å². The van der Waals surface area contributed by atoms with Crippen molar-refractivity contribution in [2.24, 2.45) is 23.5 Å². The van der Waals surface area contributed by atoms with Gasteiger partial charge in [0.05, 0.1) is 10.0 Å². The summed E-state index contributed by atoms with van der Waals surface area (Å²) in [7, 11) is 0. The molecule has 0 unspecified atom stereocenters. The summed E-state index contributed by atoms with van der Waals surface area (Å²) in [6, 6.07) is 13.7. The van der Waals surface area contributed by atoms with E-state index in [1.807, 2.05) is 42.5 Å². The molecule has 260 valence electrons. The second kappa shape index (κ2) is 15.9. The molecule has 6 aliphatic heterocycles. The molecule has 0 amide bonds. The zero-order chi connectivity index (χ0) is 33.9. The molecular formula is C37H46Cl3N3O5. The lowest BCUT2D eigenvalue weighted by Crippen LogP contribution is -2.67. The smallest absolute Gasteiger partial charge is 0.373 e. The van der Waals surface area contributed by atoms with Crippen LogP contribution < -0.4 is 5.73 Å². The summed E-state index contributed by atoms with van der Waals surface area (Å²) in [5.41, 5.74) is 8.86. The third kappa shape index (κ3) is 7.87. The fraction of sp³-hybridized carbons (Fsp3) is 0.514. The summed E-state index contributed by atoms with van der Waals surface area (Å²) in [5, 5.41) is 3.04. The molecule has 6 aliphatic rings. The minimum Gasteiger partial charge on any atom is -0.463 e. The van der Waals surface area contributed by atoms with Crippen LogP contribution in [0.25, 0.3) is 21.9 Å². The molecule has 2 aromatic carbocycles. The number of carbonyl (C=O) groups is 1. The van der Waals surface area contributed by atoms with Crippen LogP contribution in [0, 0.1) is 17.8 Å². The number of Topliss-reactive ketones (excluding diaryl/α,β-unsaturated/α-hetero) is 1. The Morgan fingerprint density at radius 3 is 1.81 bits per heavy atom. The maximum absolute atomic E-state index is 12.9. The van der Waals surface area contributed by atoms with Crippen LogP contribution in [-0.4, -0.2) is 65.0 Å². The zero-order valence-electron chi connectivity index (χ0n) is 28.0. The molecule has 6 fully saturated rings. The summed E-state index contributed by atoms with van der Waals surface area (Å²) in [5.74, 6) is 2.14. The number of nitrogens with zero attached hydrogens (tertiary/aromatic N) is 2. The van der Waals surface area contributed by atoms with Crippen LogP contribution in [0.4, 0.5) is 0 Å². The van der Waals surface area contributed by atoms with Crippen LogP contribution in [0.1, 0.15) is 70.2 Å². The topological polar surface area (TPSA) is 110 Å². The van der Waals surface area contributed by atoms with E-state index in [2.05, 4.69) is 37.5 Å². The van der Waals surface area contributed by atoms with E-state index in [0.717, 1.165) is 33.4 Å². The standard InChI is InChI=1S/C19H22ClNO2.C9H18N2.C8H5ClO.CO2.ClH/c1-19(2)15(12-5-7-21(19)8-6-12)10-17(22)13-3-4-18-14(9-13)16(20)11-23-18;1-9(2)8(10)7-3-5-11(9)6-4-7;9-7-5-10-8-4-2-1-3-6(7)8;2-1-3;/h3-4,9,11-12,15H,5-8,10H2,1-2H3;7-8H,3-6,10H2,1-2H3;1-5H;;1H/t15-;8-;;;/m11.../s1. The molecule has 2 N–H and O–H groups in total. The first kappa shape index (κ1) is 38.1. The number of nitrogens with two attached hydrogens (primary N) is 1. The highest BCUT2D eigenvalue weighted by molar-refractivity contribution is 6.35. The predicted octanol–water partition coefficient (Wildman–Crippen LogP) is 8.52. The minimum atomic E-state index is 0. The van der Waals surface area contributed by atoms with E-state index in [-0.39, 0.29) is 35.4 Å². The van der Waals surface area contributed by atoms with Gasteiger partial charge >= 0.3 is 6.15 Å². The molecule has 4 bridgehead atoms. The lowest BCUT2D eigenvalue weighted by molar-refractivity contribution is -0.191. The average Bonchev–Trinajstić information content (AvgIpc) is 3.64. The Kier molecular flexibility index (Phi) is 12.6. The molecule has 0 saturated carbocycles. The number of furan rings is 2. The summed E-state index contributed by atoms with van der Waals surface area (Å²) in [4.78, 5) is 34.2. The van der Waals surface area contributed by atoms with E-state index in [4.69, 9.17) is 47.4 Å². The minimum absolute atomic E-state index is 0.